The van der Waals surface area contributed by atoms with Gasteiger partial charge in [-0.25, -0.2) is 13.4 Å². The van der Waals surface area contributed by atoms with Crippen LogP contribution in [0.1, 0.15) is 33.1 Å². The summed E-state index contributed by atoms with van der Waals surface area (Å²) in [6.45, 7) is 4.74. The molecule has 2 rings (SSSR count). The van der Waals surface area contributed by atoms with E-state index in [0.717, 1.165) is 19.3 Å². The van der Waals surface area contributed by atoms with Crippen LogP contribution in [-0.4, -0.2) is 30.3 Å². The van der Waals surface area contributed by atoms with Crippen molar-refractivity contribution in [3.8, 4) is 0 Å². The normalized spacial score (nSPS) is 16.3. The Morgan fingerprint density at radius 2 is 2.16 bits per heavy atom. The minimum atomic E-state index is -3.53. The van der Waals surface area contributed by atoms with Crippen molar-refractivity contribution in [2.24, 2.45) is 5.92 Å². The molecule has 6 heteroatoms. The van der Waals surface area contributed by atoms with Crippen molar-refractivity contribution in [3.63, 3.8) is 0 Å². The minimum Gasteiger partial charge on any atom is -0.243 e. The number of aromatic nitrogens is 1. The summed E-state index contributed by atoms with van der Waals surface area (Å²) in [6.07, 6.45) is 4.23. The van der Waals surface area contributed by atoms with Crippen LogP contribution in [0, 0.1) is 5.92 Å². The highest BCUT2D eigenvalue weighted by Crippen LogP contribution is 2.34. The maximum absolute atomic E-state index is 12.6. The molecule has 1 heterocycles. The first-order valence-electron chi connectivity index (χ1n) is 6.55. The van der Waals surface area contributed by atoms with Crippen LogP contribution in [0.5, 0.6) is 0 Å². The highest BCUT2D eigenvalue weighted by Gasteiger charge is 2.38. The molecule has 0 unspecified atom stereocenters. The van der Waals surface area contributed by atoms with Crippen LogP contribution < -0.4 is 0 Å². The van der Waals surface area contributed by atoms with E-state index in [1.54, 1.807) is 10.4 Å². The Bertz CT molecular complexity index is 541. The van der Waals surface area contributed by atoms with Crippen LogP contribution in [-0.2, 0) is 10.0 Å². The van der Waals surface area contributed by atoms with E-state index in [1.807, 2.05) is 0 Å². The Labute approximate surface area is 119 Å². The van der Waals surface area contributed by atoms with Crippen molar-refractivity contribution in [1.29, 1.82) is 0 Å². The largest absolute Gasteiger partial charge is 0.246 e. The molecule has 1 aromatic heterocycles. The number of sulfonamides is 1. The van der Waals surface area contributed by atoms with Gasteiger partial charge in [0, 0.05) is 18.8 Å². The minimum absolute atomic E-state index is 0.0534. The van der Waals surface area contributed by atoms with Crippen LogP contribution in [0.25, 0.3) is 0 Å². The molecule has 4 nitrogen and oxygen atoms in total. The summed E-state index contributed by atoms with van der Waals surface area (Å²) in [7, 11) is -3.53. The Hall–Kier alpha value is -0.650. The molecule has 0 N–H and O–H groups in total. The van der Waals surface area contributed by atoms with E-state index < -0.39 is 10.0 Å². The molecule has 0 spiro atoms. The van der Waals surface area contributed by atoms with Crippen molar-refractivity contribution in [1.82, 2.24) is 9.29 Å². The first-order chi connectivity index (χ1) is 8.93. The van der Waals surface area contributed by atoms with Crippen LogP contribution in [0.4, 0.5) is 0 Å². The standard InChI is InChI=1S/C13H19ClN2O2S/c1-10(2)7-9-16(11-5-6-11)19(17,18)12-4-3-8-15-13(12)14/h3-4,8,10-11H,5-7,9H2,1-2H3. The predicted molar refractivity (Wildman–Crippen MR) is 75.6 cm³/mol. The second-order valence-corrected chi connectivity index (χ2v) is 7.54. The zero-order chi connectivity index (χ0) is 14.0. The molecular formula is C13H19ClN2O2S. The topological polar surface area (TPSA) is 50.3 Å². The van der Waals surface area contributed by atoms with Crippen LogP contribution in [0.3, 0.4) is 0 Å². The maximum Gasteiger partial charge on any atom is 0.246 e. The van der Waals surface area contributed by atoms with E-state index in [4.69, 9.17) is 11.6 Å². The number of hydrogen-bond donors (Lipinski definition) is 0. The number of pyridine rings is 1. The van der Waals surface area contributed by atoms with Crippen molar-refractivity contribution in [2.45, 2.75) is 44.0 Å². The second kappa shape index (κ2) is 5.77. The molecule has 1 fully saturated rings. The maximum atomic E-state index is 12.6. The van der Waals surface area contributed by atoms with Gasteiger partial charge in [-0.3, -0.25) is 0 Å². The van der Waals surface area contributed by atoms with Crippen molar-refractivity contribution in [3.05, 3.63) is 23.5 Å². The SMILES string of the molecule is CC(C)CCN(C1CC1)S(=O)(=O)c1cccnc1Cl. The van der Waals surface area contributed by atoms with Crippen LogP contribution >= 0.6 is 11.6 Å². The third-order valence-electron chi connectivity index (χ3n) is 3.19. The molecule has 0 aromatic carbocycles. The summed E-state index contributed by atoms with van der Waals surface area (Å²) in [5.74, 6) is 0.473. The zero-order valence-corrected chi connectivity index (χ0v) is 12.8. The molecule has 0 radical (unpaired) electrons. The zero-order valence-electron chi connectivity index (χ0n) is 11.2. The molecule has 1 saturated carbocycles. The fourth-order valence-electron chi connectivity index (χ4n) is 1.94. The number of rotatable bonds is 6. The van der Waals surface area contributed by atoms with E-state index in [2.05, 4.69) is 18.8 Å². The lowest BCUT2D eigenvalue weighted by Gasteiger charge is -2.23. The molecule has 0 atom stereocenters. The molecule has 0 bridgehead atoms. The number of halogens is 1. The van der Waals surface area contributed by atoms with Gasteiger partial charge in [-0.05, 0) is 37.3 Å². The van der Waals surface area contributed by atoms with Gasteiger partial charge in [0.1, 0.15) is 10.0 Å². The van der Waals surface area contributed by atoms with E-state index in [-0.39, 0.29) is 16.1 Å². The van der Waals surface area contributed by atoms with E-state index in [9.17, 15) is 8.42 Å². The van der Waals surface area contributed by atoms with Gasteiger partial charge >= 0.3 is 0 Å². The molecular weight excluding hydrogens is 284 g/mol. The van der Waals surface area contributed by atoms with Crippen LogP contribution in [0.15, 0.2) is 23.2 Å². The van der Waals surface area contributed by atoms with E-state index in [0.29, 0.717) is 12.5 Å². The lowest BCUT2D eigenvalue weighted by atomic mass is 10.1. The van der Waals surface area contributed by atoms with Crippen LogP contribution in [0.2, 0.25) is 5.15 Å². The van der Waals surface area contributed by atoms with Gasteiger partial charge in [-0.2, -0.15) is 4.31 Å². The highest BCUT2D eigenvalue weighted by atomic mass is 35.5. The number of nitrogens with zero attached hydrogens (tertiary/aromatic N) is 2. The molecule has 0 aliphatic heterocycles. The van der Waals surface area contributed by atoms with E-state index >= 15 is 0 Å². The third kappa shape index (κ3) is 3.46. The summed E-state index contributed by atoms with van der Waals surface area (Å²) in [5, 5.41) is 0.0534. The molecule has 106 valence electrons. The Morgan fingerprint density at radius 1 is 1.47 bits per heavy atom. The smallest absolute Gasteiger partial charge is 0.243 e. The number of hydrogen-bond acceptors (Lipinski definition) is 3. The van der Waals surface area contributed by atoms with Gasteiger partial charge in [-0.15, -0.1) is 0 Å². The van der Waals surface area contributed by atoms with Crippen molar-refractivity contribution >= 4 is 21.6 Å². The Balaban J connectivity index is 2.27. The summed E-state index contributed by atoms with van der Waals surface area (Å²) in [5.41, 5.74) is 0. The summed E-state index contributed by atoms with van der Waals surface area (Å²) >= 11 is 5.92. The van der Waals surface area contributed by atoms with Gasteiger partial charge in [0.15, 0.2) is 0 Å². The second-order valence-electron chi connectivity index (χ2n) is 5.32. The summed E-state index contributed by atoms with van der Waals surface area (Å²) < 4.78 is 26.9. The molecule has 0 saturated heterocycles. The quantitative estimate of drug-likeness (QED) is 0.759. The molecule has 1 aliphatic carbocycles. The van der Waals surface area contributed by atoms with E-state index in [1.165, 1.54) is 12.3 Å². The first-order valence-corrected chi connectivity index (χ1v) is 8.37. The van der Waals surface area contributed by atoms with Gasteiger partial charge in [-0.1, -0.05) is 25.4 Å². The first kappa shape index (κ1) is 14.8. The fraction of sp³-hybridized carbons (Fsp3) is 0.615. The molecule has 0 amide bonds. The molecule has 1 aromatic rings. The molecule has 1 aliphatic rings. The Morgan fingerprint density at radius 3 is 2.68 bits per heavy atom. The summed E-state index contributed by atoms with van der Waals surface area (Å²) in [4.78, 5) is 3.98. The predicted octanol–water partition coefficient (Wildman–Crippen LogP) is 2.93. The lowest BCUT2D eigenvalue weighted by molar-refractivity contribution is 0.373. The lowest BCUT2D eigenvalue weighted by Crippen LogP contribution is -2.34. The van der Waals surface area contributed by atoms with Gasteiger partial charge < -0.3 is 0 Å². The average Bonchev–Trinajstić information content (AvgIpc) is 3.13. The summed E-state index contributed by atoms with van der Waals surface area (Å²) in [6, 6.07) is 3.27. The van der Waals surface area contributed by atoms with Crippen molar-refractivity contribution < 1.29 is 8.42 Å². The van der Waals surface area contributed by atoms with Gasteiger partial charge in [0.25, 0.3) is 0 Å². The monoisotopic (exact) mass is 302 g/mol. The van der Waals surface area contributed by atoms with Gasteiger partial charge in [0.05, 0.1) is 0 Å². The molecule has 19 heavy (non-hydrogen) atoms. The fourth-order valence-corrected chi connectivity index (χ4v) is 4.07. The van der Waals surface area contributed by atoms with Crippen molar-refractivity contribution in [2.75, 3.05) is 6.54 Å². The third-order valence-corrected chi connectivity index (χ3v) is 5.59. The Kier molecular flexibility index (Phi) is 4.48. The average molecular weight is 303 g/mol. The highest BCUT2D eigenvalue weighted by molar-refractivity contribution is 7.89. The van der Waals surface area contributed by atoms with Gasteiger partial charge in [0.2, 0.25) is 10.0 Å².